The highest BCUT2D eigenvalue weighted by Gasteiger charge is 2.39. The normalized spacial score (nSPS) is 16.9. The van der Waals surface area contributed by atoms with Crippen LogP contribution < -0.4 is 5.32 Å². The molecule has 2 amide bonds. The third-order valence-electron chi connectivity index (χ3n) is 7.02. The molecule has 2 aromatic rings. The van der Waals surface area contributed by atoms with Crippen molar-refractivity contribution in [1.82, 2.24) is 10.2 Å². The maximum Gasteiger partial charge on any atom is 0.475 e. The van der Waals surface area contributed by atoms with E-state index >= 15 is 0 Å². The number of benzene rings is 2. The van der Waals surface area contributed by atoms with Crippen molar-refractivity contribution in [1.29, 1.82) is 5.26 Å². The number of hydrogen-bond donors (Lipinski definition) is 3. The minimum atomic E-state index is -1.73. The van der Waals surface area contributed by atoms with Crippen LogP contribution in [-0.2, 0) is 33.5 Å². The Labute approximate surface area is 230 Å². The Morgan fingerprint density at radius 1 is 1.13 bits per heavy atom. The van der Waals surface area contributed by atoms with Crippen molar-refractivity contribution in [2.24, 2.45) is 11.8 Å². The van der Waals surface area contributed by atoms with Gasteiger partial charge >= 0.3 is 13.2 Å². The summed E-state index contributed by atoms with van der Waals surface area (Å²) in [5.74, 6) is -2.01. The van der Waals surface area contributed by atoms with Gasteiger partial charge in [0.2, 0.25) is 5.91 Å². The number of morpholine rings is 1. The average molecular weight is 535 g/mol. The van der Waals surface area contributed by atoms with Gasteiger partial charge in [-0.15, -0.1) is 0 Å². The topological polar surface area (TPSA) is 132 Å². The van der Waals surface area contributed by atoms with E-state index in [1.54, 1.807) is 4.90 Å². The Bertz CT molecular complexity index is 1140. The molecule has 208 valence electrons. The number of alkyl carbamates (subject to hydrolysis) is 1. The molecule has 39 heavy (non-hydrogen) atoms. The van der Waals surface area contributed by atoms with Gasteiger partial charge in [0.1, 0.15) is 5.92 Å². The second-order valence-corrected chi connectivity index (χ2v) is 10.7. The second kappa shape index (κ2) is 14.1. The number of nitriles is 1. The number of carbonyl (C=O) groups excluding carboxylic acids is 2. The van der Waals surface area contributed by atoms with Gasteiger partial charge in [0.25, 0.3) is 0 Å². The maximum atomic E-state index is 13.2. The van der Waals surface area contributed by atoms with E-state index in [2.05, 4.69) is 11.4 Å². The predicted octanol–water partition coefficient (Wildman–Crippen LogP) is 2.53. The molecule has 2 unspecified atom stereocenters. The fraction of sp³-hybridized carbons (Fsp3) is 0.483. The highest BCUT2D eigenvalue weighted by atomic mass is 16.5. The summed E-state index contributed by atoms with van der Waals surface area (Å²) >= 11 is 0. The molecule has 0 saturated carbocycles. The monoisotopic (exact) mass is 535 g/mol. The summed E-state index contributed by atoms with van der Waals surface area (Å²) in [6.07, 6.45) is 0.543. The lowest BCUT2D eigenvalue weighted by atomic mass is 9.76. The average Bonchev–Trinajstić information content (AvgIpc) is 2.89. The standard InChI is InChI=1S/C29H38BN3O6/c1-21(25(19-31)27(34)33-13-15-38-20-29(33,2)3)16-24-11-7-10-23(17-24)12-14-39-28(35)32-26(30(36)37)18-22-8-5-4-6-9-22/h4-11,17,21,25-26,36-37H,12-16,18,20H2,1-3H3,(H,32,35)/t21?,25?,26-/m0/s1. The highest BCUT2D eigenvalue weighted by Crippen LogP contribution is 2.26. The van der Waals surface area contributed by atoms with Crippen LogP contribution in [0.2, 0.25) is 0 Å². The van der Waals surface area contributed by atoms with E-state index in [0.29, 0.717) is 32.6 Å². The van der Waals surface area contributed by atoms with Gasteiger partial charge in [0.15, 0.2) is 0 Å². The van der Waals surface area contributed by atoms with E-state index < -0.39 is 30.6 Å². The van der Waals surface area contributed by atoms with Gasteiger partial charge in [-0.3, -0.25) is 4.79 Å². The fourth-order valence-electron chi connectivity index (χ4n) is 4.82. The first-order valence-corrected chi connectivity index (χ1v) is 13.3. The van der Waals surface area contributed by atoms with Crippen LogP contribution in [-0.4, -0.2) is 71.9 Å². The Hall–Kier alpha value is -3.39. The van der Waals surface area contributed by atoms with Crippen molar-refractivity contribution >= 4 is 19.1 Å². The van der Waals surface area contributed by atoms with Crippen LogP contribution in [0.4, 0.5) is 4.79 Å². The quantitative estimate of drug-likeness (QED) is 0.377. The molecule has 9 nitrogen and oxygen atoms in total. The minimum Gasteiger partial charge on any atom is -0.449 e. The molecule has 10 heteroatoms. The summed E-state index contributed by atoms with van der Waals surface area (Å²) < 4.78 is 10.8. The van der Waals surface area contributed by atoms with E-state index in [1.165, 1.54) is 0 Å². The van der Waals surface area contributed by atoms with Gasteiger partial charge in [-0.05, 0) is 49.3 Å². The van der Waals surface area contributed by atoms with Gasteiger partial charge in [-0.1, -0.05) is 61.5 Å². The van der Waals surface area contributed by atoms with Crippen molar-refractivity contribution in [3.63, 3.8) is 0 Å². The predicted molar refractivity (Wildman–Crippen MR) is 147 cm³/mol. The number of nitrogens with zero attached hydrogens (tertiary/aromatic N) is 2. The number of amides is 2. The molecular weight excluding hydrogens is 497 g/mol. The van der Waals surface area contributed by atoms with Gasteiger partial charge < -0.3 is 29.7 Å². The zero-order valence-electron chi connectivity index (χ0n) is 22.9. The first kappa shape index (κ1) is 30.2. The molecule has 2 aromatic carbocycles. The third kappa shape index (κ3) is 8.82. The Morgan fingerprint density at radius 3 is 2.49 bits per heavy atom. The van der Waals surface area contributed by atoms with Crippen LogP contribution in [0.1, 0.15) is 37.5 Å². The number of carbonyl (C=O) groups is 2. The Balaban J connectivity index is 1.51. The molecule has 3 atom stereocenters. The largest absolute Gasteiger partial charge is 0.475 e. The fourth-order valence-corrected chi connectivity index (χ4v) is 4.82. The van der Waals surface area contributed by atoms with Crippen molar-refractivity contribution in [3.8, 4) is 6.07 Å². The van der Waals surface area contributed by atoms with Crippen LogP contribution in [0.5, 0.6) is 0 Å². The van der Waals surface area contributed by atoms with E-state index in [0.717, 1.165) is 16.7 Å². The van der Waals surface area contributed by atoms with E-state index in [4.69, 9.17) is 9.47 Å². The highest BCUT2D eigenvalue weighted by molar-refractivity contribution is 6.43. The molecule has 1 saturated heterocycles. The smallest absolute Gasteiger partial charge is 0.449 e. The Morgan fingerprint density at radius 2 is 1.82 bits per heavy atom. The second-order valence-electron chi connectivity index (χ2n) is 10.7. The molecule has 1 aliphatic heterocycles. The van der Waals surface area contributed by atoms with Gasteiger partial charge in [0.05, 0.1) is 37.4 Å². The van der Waals surface area contributed by atoms with Crippen LogP contribution in [0.3, 0.4) is 0 Å². The zero-order valence-corrected chi connectivity index (χ0v) is 22.9. The van der Waals surface area contributed by atoms with Gasteiger partial charge in [-0.2, -0.15) is 5.26 Å². The summed E-state index contributed by atoms with van der Waals surface area (Å²) in [4.78, 5) is 27.3. The molecule has 3 N–H and O–H groups in total. The number of ether oxygens (including phenoxy) is 2. The molecule has 1 heterocycles. The van der Waals surface area contributed by atoms with Crippen LogP contribution >= 0.6 is 0 Å². The Kier molecular flexibility index (Phi) is 10.9. The van der Waals surface area contributed by atoms with Gasteiger partial charge in [-0.25, -0.2) is 4.79 Å². The van der Waals surface area contributed by atoms with Crippen molar-refractivity contribution < 1.29 is 29.1 Å². The van der Waals surface area contributed by atoms with Gasteiger partial charge in [0, 0.05) is 13.0 Å². The van der Waals surface area contributed by atoms with E-state index in [-0.39, 0.29) is 24.9 Å². The SMILES string of the molecule is CC(Cc1cccc(CCOC(=O)N[C@@H](Cc2ccccc2)B(O)O)c1)C(C#N)C(=O)N1CCOCC1(C)C. The van der Waals surface area contributed by atoms with E-state index in [1.807, 2.05) is 75.4 Å². The van der Waals surface area contributed by atoms with Crippen LogP contribution in [0, 0.1) is 23.2 Å². The first-order valence-electron chi connectivity index (χ1n) is 13.3. The zero-order chi connectivity index (χ0) is 28.4. The molecule has 0 radical (unpaired) electrons. The maximum absolute atomic E-state index is 13.2. The third-order valence-corrected chi connectivity index (χ3v) is 7.02. The summed E-state index contributed by atoms with van der Waals surface area (Å²) in [7, 11) is -1.73. The summed E-state index contributed by atoms with van der Waals surface area (Å²) in [5.41, 5.74) is 2.35. The summed E-state index contributed by atoms with van der Waals surface area (Å²) in [5, 5.41) is 31.7. The molecule has 0 bridgehead atoms. The molecule has 0 aliphatic carbocycles. The first-order chi connectivity index (χ1) is 18.6. The number of rotatable bonds is 11. The lowest BCUT2D eigenvalue weighted by Crippen LogP contribution is -2.57. The lowest BCUT2D eigenvalue weighted by Gasteiger charge is -2.43. The number of hydrogen-bond acceptors (Lipinski definition) is 7. The molecule has 0 spiro atoms. The van der Waals surface area contributed by atoms with Crippen molar-refractivity contribution in [2.45, 2.75) is 51.5 Å². The van der Waals surface area contributed by atoms with Crippen LogP contribution in [0.15, 0.2) is 54.6 Å². The van der Waals surface area contributed by atoms with E-state index in [9.17, 15) is 24.9 Å². The van der Waals surface area contributed by atoms with Crippen molar-refractivity contribution in [2.75, 3.05) is 26.4 Å². The minimum absolute atomic E-state index is 0.107. The molecule has 1 fully saturated rings. The molecule has 1 aliphatic rings. The lowest BCUT2D eigenvalue weighted by molar-refractivity contribution is -0.150. The summed E-state index contributed by atoms with van der Waals surface area (Å²) in [6.45, 7) is 7.31. The van der Waals surface area contributed by atoms with Crippen molar-refractivity contribution in [3.05, 3.63) is 71.3 Å². The summed E-state index contributed by atoms with van der Waals surface area (Å²) in [6, 6.07) is 19.2. The molecule has 0 aromatic heterocycles. The number of nitrogens with one attached hydrogen (secondary N) is 1. The molecule has 3 rings (SSSR count). The van der Waals surface area contributed by atoms with Crippen LogP contribution in [0.25, 0.3) is 0 Å². The molecular formula is C29H38BN3O6.